The third kappa shape index (κ3) is 3.65. The van der Waals surface area contributed by atoms with E-state index in [0.29, 0.717) is 17.3 Å². The second kappa shape index (κ2) is 7.49. The van der Waals surface area contributed by atoms with Gasteiger partial charge in [0.1, 0.15) is 11.8 Å². The number of nitrogens with one attached hydrogen (secondary N) is 1. The van der Waals surface area contributed by atoms with Crippen LogP contribution in [0.25, 0.3) is 10.8 Å². The Morgan fingerprint density at radius 3 is 2.77 bits per heavy atom. The minimum atomic E-state index is -0.238. The number of anilines is 1. The summed E-state index contributed by atoms with van der Waals surface area (Å²) < 4.78 is 11.4. The van der Waals surface area contributed by atoms with Crippen LogP contribution in [-0.2, 0) is 4.74 Å². The number of rotatable bonds is 4. The molecule has 0 saturated carbocycles. The highest BCUT2D eigenvalue weighted by Crippen LogP contribution is 2.28. The van der Waals surface area contributed by atoms with Gasteiger partial charge in [-0.1, -0.05) is 6.07 Å². The minimum Gasteiger partial charge on any atom is -0.474 e. The molecule has 0 unspecified atom stereocenters. The lowest BCUT2D eigenvalue weighted by molar-refractivity contribution is 0.0244. The van der Waals surface area contributed by atoms with Gasteiger partial charge in [0.05, 0.1) is 13.2 Å². The molecule has 1 aliphatic rings. The lowest BCUT2D eigenvalue weighted by Crippen LogP contribution is -2.26. The average Bonchev–Trinajstić information content (AvgIpc) is 2.69. The van der Waals surface area contributed by atoms with Crippen LogP contribution in [0.5, 0.6) is 5.88 Å². The number of amides is 1. The van der Waals surface area contributed by atoms with E-state index in [-0.39, 0.29) is 12.0 Å². The molecule has 1 aromatic carbocycles. The van der Waals surface area contributed by atoms with Gasteiger partial charge in [-0.05, 0) is 41.8 Å². The molecule has 0 radical (unpaired) electrons. The molecule has 0 aliphatic carbocycles. The molecule has 1 amide bonds. The van der Waals surface area contributed by atoms with Crippen molar-refractivity contribution in [3.8, 4) is 5.88 Å². The smallest absolute Gasteiger partial charge is 0.274 e. The summed E-state index contributed by atoms with van der Waals surface area (Å²) in [6.45, 7) is 1.44. The van der Waals surface area contributed by atoms with Crippen LogP contribution in [0.4, 0.5) is 5.69 Å². The summed E-state index contributed by atoms with van der Waals surface area (Å²) in [6, 6.07) is 12.8. The van der Waals surface area contributed by atoms with Gasteiger partial charge >= 0.3 is 0 Å². The standard InChI is InChI=1S/C20H19N3O3/c24-19(18-3-1-2-9-21-18)23-15-4-5-17-14(13-15)6-10-22-20(17)26-16-7-11-25-12-8-16/h1-6,9-10,13,16H,7-8,11-12H2,(H,23,24). The maximum Gasteiger partial charge on any atom is 0.274 e. The zero-order valence-electron chi connectivity index (χ0n) is 14.2. The molecule has 1 saturated heterocycles. The summed E-state index contributed by atoms with van der Waals surface area (Å²) in [5.41, 5.74) is 1.09. The van der Waals surface area contributed by atoms with Gasteiger partial charge in [0.15, 0.2) is 0 Å². The van der Waals surface area contributed by atoms with Crippen molar-refractivity contribution in [2.24, 2.45) is 0 Å². The number of hydrogen-bond donors (Lipinski definition) is 1. The van der Waals surface area contributed by atoms with Crippen molar-refractivity contribution in [1.29, 1.82) is 0 Å². The number of aromatic nitrogens is 2. The molecular weight excluding hydrogens is 330 g/mol. The van der Waals surface area contributed by atoms with E-state index in [2.05, 4.69) is 15.3 Å². The van der Waals surface area contributed by atoms with Crippen molar-refractivity contribution in [2.75, 3.05) is 18.5 Å². The molecule has 1 fully saturated rings. The molecule has 1 N–H and O–H groups in total. The molecule has 1 aliphatic heterocycles. The largest absolute Gasteiger partial charge is 0.474 e. The van der Waals surface area contributed by atoms with Gasteiger partial charge < -0.3 is 14.8 Å². The summed E-state index contributed by atoms with van der Waals surface area (Å²) in [7, 11) is 0. The first-order chi connectivity index (χ1) is 12.8. The van der Waals surface area contributed by atoms with Crippen LogP contribution in [-0.4, -0.2) is 35.2 Å². The molecule has 0 spiro atoms. The molecule has 6 nitrogen and oxygen atoms in total. The van der Waals surface area contributed by atoms with E-state index in [1.165, 1.54) is 0 Å². The molecular formula is C20H19N3O3. The van der Waals surface area contributed by atoms with Crippen molar-refractivity contribution >= 4 is 22.4 Å². The minimum absolute atomic E-state index is 0.130. The van der Waals surface area contributed by atoms with Gasteiger partial charge in [0, 0.05) is 36.3 Å². The highest BCUT2D eigenvalue weighted by molar-refractivity contribution is 6.04. The lowest BCUT2D eigenvalue weighted by Gasteiger charge is -2.23. The molecule has 132 valence electrons. The molecule has 3 heterocycles. The fourth-order valence-electron chi connectivity index (χ4n) is 2.97. The zero-order chi connectivity index (χ0) is 17.8. The fourth-order valence-corrected chi connectivity index (χ4v) is 2.97. The van der Waals surface area contributed by atoms with Gasteiger partial charge in [-0.25, -0.2) is 4.98 Å². The van der Waals surface area contributed by atoms with E-state index in [9.17, 15) is 4.79 Å². The van der Waals surface area contributed by atoms with E-state index in [1.807, 2.05) is 24.3 Å². The van der Waals surface area contributed by atoms with Crippen LogP contribution in [0.3, 0.4) is 0 Å². The van der Waals surface area contributed by atoms with Gasteiger partial charge in [-0.2, -0.15) is 0 Å². The number of benzene rings is 1. The van der Waals surface area contributed by atoms with Gasteiger partial charge in [-0.15, -0.1) is 0 Å². The monoisotopic (exact) mass is 349 g/mol. The van der Waals surface area contributed by atoms with Crippen LogP contribution in [0.2, 0.25) is 0 Å². The van der Waals surface area contributed by atoms with Crippen LogP contribution < -0.4 is 10.1 Å². The van der Waals surface area contributed by atoms with Crippen molar-refractivity contribution in [3.63, 3.8) is 0 Å². The maximum absolute atomic E-state index is 12.3. The van der Waals surface area contributed by atoms with E-state index >= 15 is 0 Å². The number of nitrogens with zero attached hydrogens (tertiary/aromatic N) is 2. The lowest BCUT2D eigenvalue weighted by atomic mass is 10.1. The number of fused-ring (bicyclic) bond motifs is 1. The van der Waals surface area contributed by atoms with E-state index in [1.54, 1.807) is 30.6 Å². The molecule has 0 bridgehead atoms. The summed E-state index contributed by atoms with van der Waals surface area (Å²) in [4.78, 5) is 20.7. The van der Waals surface area contributed by atoms with E-state index in [0.717, 1.165) is 36.8 Å². The summed E-state index contributed by atoms with van der Waals surface area (Å²) in [6.07, 6.45) is 5.19. The Bertz CT molecular complexity index is 909. The van der Waals surface area contributed by atoms with Gasteiger partial charge in [0.2, 0.25) is 5.88 Å². The summed E-state index contributed by atoms with van der Waals surface area (Å²) in [5.74, 6) is 0.384. The van der Waals surface area contributed by atoms with Crippen molar-refractivity contribution in [1.82, 2.24) is 9.97 Å². The Labute approximate surface area is 151 Å². The van der Waals surface area contributed by atoms with Gasteiger partial charge in [0.25, 0.3) is 5.91 Å². The maximum atomic E-state index is 12.3. The first-order valence-corrected chi connectivity index (χ1v) is 8.65. The SMILES string of the molecule is O=C(Nc1ccc2c(OC3CCOCC3)nccc2c1)c1ccccn1. The predicted octanol–water partition coefficient (Wildman–Crippen LogP) is 3.44. The molecule has 0 atom stereocenters. The topological polar surface area (TPSA) is 73.3 Å². The van der Waals surface area contributed by atoms with E-state index in [4.69, 9.17) is 9.47 Å². The third-order valence-electron chi connectivity index (χ3n) is 4.33. The van der Waals surface area contributed by atoms with Crippen molar-refractivity contribution in [3.05, 3.63) is 60.6 Å². The molecule has 26 heavy (non-hydrogen) atoms. The Morgan fingerprint density at radius 2 is 1.96 bits per heavy atom. The first-order valence-electron chi connectivity index (χ1n) is 8.65. The number of carbonyl (C=O) groups is 1. The van der Waals surface area contributed by atoms with Crippen molar-refractivity contribution in [2.45, 2.75) is 18.9 Å². The van der Waals surface area contributed by atoms with Crippen LogP contribution in [0, 0.1) is 0 Å². The molecule has 4 rings (SSSR count). The molecule has 2 aromatic heterocycles. The number of carbonyl (C=O) groups excluding carboxylic acids is 1. The number of ether oxygens (including phenoxy) is 2. The number of pyridine rings is 2. The van der Waals surface area contributed by atoms with Gasteiger partial charge in [-0.3, -0.25) is 9.78 Å². The molecule has 3 aromatic rings. The Balaban J connectivity index is 1.55. The highest BCUT2D eigenvalue weighted by atomic mass is 16.5. The van der Waals surface area contributed by atoms with Crippen molar-refractivity contribution < 1.29 is 14.3 Å². The number of hydrogen-bond acceptors (Lipinski definition) is 5. The first kappa shape index (κ1) is 16.5. The second-order valence-electron chi connectivity index (χ2n) is 6.15. The fraction of sp³-hybridized carbons (Fsp3) is 0.250. The summed E-state index contributed by atoms with van der Waals surface area (Å²) in [5, 5.41) is 4.76. The zero-order valence-corrected chi connectivity index (χ0v) is 14.2. The second-order valence-corrected chi connectivity index (χ2v) is 6.15. The Hall–Kier alpha value is -2.99. The summed E-state index contributed by atoms with van der Waals surface area (Å²) >= 11 is 0. The quantitative estimate of drug-likeness (QED) is 0.781. The molecule has 6 heteroatoms. The average molecular weight is 349 g/mol. The van der Waals surface area contributed by atoms with E-state index < -0.39 is 0 Å². The Morgan fingerprint density at radius 1 is 1.08 bits per heavy atom. The third-order valence-corrected chi connectivity index (χ3v) is 4.33. The highest BCUT2D eigenvalue weighted by Gasteiger charge is 2.17. The van der Waals surface area contributed by atoms with Crippen LogP contribution in [0.15, 0.2) is 54.9 Å². The van der Waals surface area contributed by atoms with Crippen LogP contribution >= 0.6 is 0 Å². The Kier molecular flexibility index (Phi) is 4.75. The predicted molar refractivity (Wildman–Crippen MR) is 98.4 cm³/mol. The van der Waals surface area contributed by atoms with Crippen LogP contribution in [0.1, 0.15) is 23.3 Å². The normalized spacial score (nSPS) is 14.9.